The van der Waals surface area contributed by atoms with E-state index in [1.54, 1.807) is 30.1 Å². The highest BCUT2D eigenvalue weighted by atomic mass is 32.2. The van der Waals surface area contributed by atoms with Crippen molar-refractivity contribution in [3.63, 3.8) is 0 Å². The van der Waals surface area contributed by atoms with Crippen LogP contribution in [0.2, 0.25) is 0 Å². The molecule has 2 aromatic carbocycles. The Bertz CT molecular complexity index is 2100. The monoisotopic (exact) mass is 850 g/mol. The van der Waals surface area contributed by atoms with Gasteiger partial charge in [-0.05, 0) is 69.6 Å². The quantitative estimate of drug-likeness (QED) is 0.0773. The summed E-state index contributed by atoms with van der Waals surface area (Å²) in [5.41, 5.74) is -1.60. The second kappa shape index (κ2) is 20.7. The van der Waals surface area contributed by atoms with Gasteiger partial charge in [-0.3, -0.25) is 4.79 Å². The number of thioether (sulfide) groups is 1. The van der Waals surface area contributed by atoms with E-state index in [-0.39, 0.29) is 42.0 Å². The number of nitriles is 1. The Morgan fingerprint density at radius 3 is 2.42 bits per heavy atom. The molecule has 0 bridgehead atoms. The van der Waals surface area contributed by atoms with Crippen LogP contribution in [0.3, 0.4) is 0 Å². The lowest BCUT2D eigenvalue weighted by Gasteiger charge is -2.42. The number of esters is 1. The number of allylic oxidation sites excluding steroid dienone is 2. The van der Waals surface area contributed by atoms with Crippen LogP contribution in [-0.4, -0.2) is 111 Å². The minimum Gasteiger partial charge on any atom is -0.422 e. The van der Waals surface area contributed by atoms with Gasteiger partial charge in [-0.1, -0.05) is 24.3 Å². The average molecular weight is 851 g/mol. The molecule has 3 aliphatic rings. The summed E-state index contributed by atoms with van der Waals surface area (Å²) in [6.45, 7) is 6.31. The maximum absolute atomic E-state index is 15.8. The maximum Gasteiger partial charge on any atom is 0.512 e. The minimum absolute atomic E-state index is 0.160. The van der Waals surface area contributed by atoms with E-state index in [0.29, 0.717) is 30.8 Å². The van der Waals surface area contributed by atoms with E-state index >= 15 is 4.39 Å². The number of benzene rings is 2. The van der Waals surface area contributed by atoms with Crippen molar-refractivity contribution < 1.29 is 51.2 Å². The lowest BCUT2D eigenvalue weighted by Crippen LogP contribution is -2.51. The number of amides is 1. The molecule has 3 fully saturated rings. The van der Waals surface area contributed by atoms with Crippen LogP contribution in [-0.2, 0) is 45.4 Å². The van der Waals surface area contributed by atoms with E-state index in [4.69, 9.17) is 28.9 Å². The molecule has 318 valence electrons. The normalized spacial score (nSPS) is 21.0. The molecule has 3 atom stereocenters. The molecule has 6 rings (SSSR count). The van der Waals surface area contributed by atoms with Gasteiger partial charge in [0.1, 0.15) is 30.1 Å². The van der Waals surface area contributed by atoms with E-state index < -0.39 is 53.0 Å². The Morgan fingerprint density at radius 1 is 1.00 bits per heavy atom. The number of piperidine rings is 1. The molecule has 4 heterocycles. The molecule has 0 spiro atoms. The molecule has 0 N–H and O–H groups in total. The molecular formula is C42H45F3N6O8S. The molecule has 3 unspecified atom stereocenters. The zero-order valence-electron chi connectivity index (χ0n) is 33.0. The fourth-order valence-corrected chi connectivity index (χ4v) is 8.42. The van der Waals surface area contributed by atoms with Gasteiger partial charge >= 0.3 is 12.1 Å². The smallest absolute Gasteiger partial charge is 0.422 e. The SMILES string of the molecule is CC(OC(=O)C=CC(=O)N1CCC(N2CCC2)CC1)OC(=O)OC(Cn1cncn1)(c1ccc(F)cc1F)C(C)SC1COC(C=CC=Cc2ccc(C#N)cc2F)OC1. The van der Waals surface area contributed by atoms with Crippen molar-refractivity contribution >= 4 is 35.9 Å². The third-order valence-corrected chi connectivity index (χ3v) is 11.8. The van der Waals surface area contributed by atoms with E-state index in [0.717, 1.165) is 56.3 Å². The van der Waals surface area contributed by atoms with Gasteiger partial charge in [-0.25, -0.2) is 32.4 Å². The first-order valence-electron chi connectivity index (χ1n) is 19.4. The molecular weight excluding hydrogens is 806 g/mol. The molecule has 3 aromatic rings. The van der Waals surface area contributed by atoms with Crippen LogP contribution in [0.5, 0.6) is 0 Å². The molecule has 14 nitrogen and oxygen atoms in total. The van der Waals surface area contributed by atoms with Crippen molar-refractivity contribution in [1.82, 2.24) is 24.6 Å². The summed E-state index contributed by atoms with van der Waals surface area (Å²) in [7, 11) is 0. The highest BCUT2D eigenvalue weighted by Gasteiger charge is 2.47. The molecule has 1 amide bonds. The number of aromatic nitrogens is 3. The number of likely N-dealkylation sites (tertiary alicyclic amines) is 2. The van der Waals surface area contributed by atoms with Gasteiger partial charge < -0.3 is 33.5 Å². The van der Waals surface area contributed by atoms with E-state index in [1.165, 1.54) is 60.7 Å². The van der Waals surface area contributed by atoms with Crippen LogP contribution < -0.4 is 0 Å². The van der Waals surface area contributed by atoms with Crippen LogP contribution in [0.4, 0.5) is 18.0 Å². The van der Waals surface area contributed by atoms with E-state index in [2.05, 4.69) is 15.0 Å². The highest BCUT2D eigenvalue weighted by molar-refractivity contribution is 8.00. The van der Waals surface area contributed by atoms with Gasteiger partial charge in [0, 0.05) is 60.7 Å². The highest BCUT2D eigenvalue weighted by Crippen LogP contribution is 2.42. The van der Waals surface area contributed by atoms with Gasteiger partial charge in [0.25, 0.3) is 0 Å². The maximum atomic E-state index is 15.8. The molecule has 1 aromatic heterocycles. The molecule has 0 radical (unpaired) electrons. The fourth-order valence-electron chi connectivity index (χ4n) is 7.06. The van der Waals surface area contributed by atoms with Crippen LogP contribution >= 0.6 is 11.8 Å². The zero-order chi connectivity index (χ0) is 42.6. The summed E-state index contributed by atoms with van der Waals surface area (Å²) in [4.78, 5) is 47.0. The number of hydrogen-bond acceptors (Lipinski definition) is 13. The second-order valence-corrected chi connectivity index (χ2v) is 16.0. The number of halogens is 3. The minimum atomic E-state index is -1.92. The Kier molecular flexibility index (Phi) is 15.2. The fraction of sp³-hybridized carbons (Fsp3) is 0.429. The summed E-state index contributed by atoms with van der Waals surface area (Å²) >= 11 is 1.25. The lowest BCUT2D eigenvalue weighted by molar-refractivity contribution is -0.166. The van der Waals surface area contributed by atoms with Crippen LogP contribution in [0.25, 0.3) is 6.08 Å². The number of carbonyl (C=O) groups excluding carboxylic acids is 3. The summed E-state index contributed by atoms with van der Waals surface area (Å²) < 4.78 is 73.8. The second-order valence-electron chi connectivity index (χ2n) is 14.4. The average Bonchev–Trinajstić information content (AvgIpc) is 3.72. The van der Waals surface area contributed by atoms with Crippen molar-refractivity contribution in [3.05, 3.63) is 114 Å². The Balaban J connectivity index is 1.08. The third kappa shape index (κ3) is 11.6. The Morgan fingerprint density at radius 2 is 1.77 bits per heavy atom. The van der Waals surface area contributed by atoms with Gasteiger partial charge in [0.05, 0.1) is 36.6 Å². The molecule has 3 aliphatic heterocycles. The summed E-state index contributed by atoms with van der Waals surface area (Å²) in [5.74, 6) is -3.68. The van der Waals surface area contributed by atoms with Gasteiger partial charge in [-0.15, -0.1) is 11.8 Å². The summed E-state index contributed by atoms with van der Waals surface area (Å²) in [5, 5.41) is 11.9. The zero-order valence-corrected chi connectivity index (χ0v) is 33.8. The molecule has 0 aliphatic carbocycles. The summed E-state index contributed by atoms with van der Waals surface area (Å²) in [6.07, 6.45) is 10.4. The largest absolute Gasteiger partial charge is 0.512 e. The van der Waals surface area contributed by atoms with Crippen molar-refractivity contribution in [3.8, 4) is 6.07 Å². The topological polar surface area (TPSA) is 158 Å². The predicted molar refractivity (Wildman–Crippen MR) is 212 cm³/mol. The van der Waals surface area contributed by atoms with Gasteiger partial charge in [0.15, 0.2) is 11.9 Å². The number of carbonyl (C=O) groups is 3. The summed E-state index contributed by atoms with van der Waals surface area (Å²) in [6, 6.07) is 9.37. The first-order valence-corrected chi connectivity index (χ1v) is 20.4. The number of ether oxygens (including phenoxy) is 5. The standard InChI is InChI=1S/C42H45F3N6O8S/c1-28(60-34-23-55-40(56-24-34)7-4-3-6-31-9-8-30(22-46)20-36(31)44)42(25-51-27-47-26-48-51,35-11-10-32(43)21-37(35)45)59-41(54)58-29(2)57-39(53)13-12-38(52)50-18-14-33(15-19-50)49-16-5-17-49/h3-4,6-13,20-21,26-29,33-34,40H,5,14-19,23-25H2,1-2H3. The van der Waals surface area contributed by atoms with Crippen molar-refractivity contribution in [2.75, 3.05) is 39.4 Å². The number of rotatable bonds is 15. The van der Waals surface area contributed by atoms with E-state index in [9.17, 15) is 23.2 Å². The molecule has 60 heavy (non-hydrogen) atoms. The Hall–Kier alpha value is -5.48. The van der Waals surface area contributed by atoms with Crippen molar-refractivity contribution in [2.24, 2.45) is 0 Å². The first-order chi connectivity index (χ1) is 28.9. The number of nitrogens with zero attached hydrogens (tertiary/aromatic N) is 6. The van der Waals surface area contributed by atoms with E-state index in [1.807, 2.05) is 6.07 Å². The predicted octanol–water partition coefficient (Wildman–Crippen LogP) is 5.89. The Labute approximate surface area is 349 Å². The molecule has 0 saturated carbocycles. The molecule has 3 saturated heterocycles. The first kappa shape index (κ1) is 44.1. The van der Waals surface area contributed by atoms with Gasteiger partial charge in [0.2, 0.25) is 12.2 Å². The van der Waals surface area contributed by atoms with Crippen LogP contribution in [0, 0.1) is 28.8 Å². The number of hydrogen-bond donors (Lipinski definition) is 0. The van der Waals surface area contributed by atoms with Crippen molar-refractivity contribution in [1.29, 1.82) is 5.26 Å². The van der Waals surface area contributed by atoms with Crippen LogP contribution in [0.1, 0.15) is 49.8 Å². The molecule has 18 heteroatoms. The lowest BCUT2D eigenvalue weighted by atomic mass is 9.89. The van der Waals surface area contributed by atoms with Gasteiger partial charge in [-0.2, -0.15) is 10.4 Å². The third-order valence-electron chi connectivity index (χ3n) is 10.3. The van der Waals surface area contributed by atoms with Crippen LogP contribution in [0.15, 0.2) is 79.4 Å². The van der Waals surface area contributed by atoms with Crippen molar-refractivity contribution in [2.45, 2.75) is 74.4 Å².